The van der Waals surface area contributed by atoms with Crippen molar-refractivity contribution in [2.75, 3.05) is 0 Å². The highest BCUT2D eigenvalue weighted by molar-refractivity contribution is 5.50. The highest BCUT2D eigenvalue weighted by atomic mass is 16.3. The van der Waals surface area contributed by atoms with Crippen molar-refractivity contribution < 1.29 is 10.2 Å². The number of phenols is 2. The van der Waals surface area contributed by atoms with E-state index in [1.807, 2.05) is 12.1 Å². The lowest BCUT2D eigenvalue weighted by Gasteiger charge is -2.74. The molecule has 0 aliphatic heterocycles. The first-order chi connectivity index (χ1) is 14.6. The van der Waals surface area contributed by atoms with Crippen LogP contribution in [0, 0.1) is 30.6 Å². The molecule has 4 saturated carbocycles. The van der Waals surface area contributed by atoms with Gasteiger partial charge in [-0.25, -0.2) is 0 Å². The lowest BCUT2D eigenvalue weighted by molar-refractivity contribution is -0.183. The predicted octanol–water partition coefficient (Wildman–Crippen LogP) is 7.31. The van der Waals surface area contributed by atoms with E-state index in [-0.39, 0.29) is 21.7 Å². The molecule has 2 aromatic carbocycles. The van der Waals surface area contributed by atoms with Crippen LogP contribution < -0.4 is 0 Å². The van der Waals surface area contributed by atoms with Crippen LogP contribution >= 0.6 is 0 Å². The minimum atomic E-state index is -0.0458. The first kappa shape index (κ1) is 20.9. The summed E-state index contributed by atoms with van der Waals surface area (Å²) in [6.07, 6.45) is 8.13. The molecule has 166 valence electrons. The molecule has 0 aromatic heterocycles. The summed E-state index contributed by atoms with van der Waals surface area (Å²) < 4.78 is 0. The van der Waals surface area contributed by atoms with E-state index in [0.717, 1.165) is 47.9 Å². The fraction of sp³-hybridized carbons (Fsp3) is 0.586. The molecule has 0 heterocycles. The molecule has 0 spiro atoms. The maximum absolute atomic E-state index is 11.2. The van der Waals surface area contributed by atoms with Gasteiger partial charge in [-0.15, -0.1) is 0 Å². The van der Waals surface area contributed by atoms with Gasteiger partial charge in [0.25, 0.3) is 0 Å². The van der Waals surface area contributed by atoms with E-state index in [2.05, 4.69) is 58.9 Å². The molecule has 2 heteroatoms. The molecule has 4 fully saturated rings. The molecule has 4 aliphatic carbocycles. The third kappa shape index (κ3) is 2.69. The number of benzene rings is 2. The Morgan fingerprint density at radius 1 is 0.774 bits per heavy atom. The molecule has 6 rings (SSSR count). The molecule has 0 saturated heterocycles. The summed E-state index contributed by atoms with van der Waals surface area (Å²) in [5.41, 5.74) is 4.97. The average molecular weight is 419 g/mol. The van der Waals surface area contributed by atoms with Gasteiger partial charge in [-0.2, -0.15) is 0 Å². The first-order valence-electron chi connectivity index (χ1n) is 12.2. The van der Waals surface area contributed by atoms with Crippen LogP contribution in [0.5, 0.6) is 11.5 Å². The molecule has 0 amide bonds. The summed E-state index contributed by atoms with van der Waals surface area (Å²) in [6.45, 7) is 11.3. The third-order valence-corrected chi connectivity index (χ3v) is 10.1. The third-order valence-electron chi connectivity index (χ3n) is 10.1. The van der Waals surface area contributed by atoms with Crippen molar-refractivity contribution in [3.05, 3.63) is 58.7 Å². The van der Waals surface area contributed by atoms with Crippen LogP contribution in [0.15, 0.2) is 36.4 Å². The summed E-state index contributed by atoms with van der Waals surface area (Å²) in [4.78, 5) is 0. The van der Waals surface area contributed by atoms with Crippen molar-refractivity contribution in [3.63, 3.8) is 0 Å². The maximum atomic E-state index is 11.2. The van der Waals surface area contributed by atoms with Gasteiger partial charge in [0.15, 0.2) is 0 Å². The number of hydrogen-bond donors (Lipinski definition) is 2. The van der Waals surface area contributed by atoms with Crippen LogP contribution in [0.25, 0.3) is 0 Å². The van der Waals surface area contributed by atoms with Crippen molar-refractivity contribution >= 4 is 0 Å². The Kier molecular flexibility index (Phi) is 4.40. The Morgan fingerprint density at radius 2 is 1.39 bits per heavy atom. The second kappa shape index (κ2) is 6.53. The SMILES string of the molecule is CCC12CC3(c4ccc(C)cc4O)CC(CC)(C1)C(C)C(c1ccc(C)cc1O)(C2)C3. The quantitative estimate of drug-likeness (QED) is 0.546. The Balaban J connectivity index is 1.78. The number of aromatic hydroxyl groups is 2. The average Bonchev–Trinajstić information content (AvgIpc) is 2.71. The molecule has 2 aromatic rings. The lowest BCUT2D eigenvalue weighted by Crippen LogP contribution is -2.68. The smallest absolute Gasteiger partial charge is 0.119 e. The van der Waals surface area contributed by atoms with Crippen LogP contribution in [0.1, 0.15) is 88.0 Å². The Labute approximate surface area is 187 Å². The topological polar surface area (TPSA) is 40.5 Å². The van der Waals surface area contributed by atoms with Crippen LogP contribution in [-0.4, -0.2) is 10.2 Å². The van der Waals surface area contributed by atoms with Crippen LogP contribution in [0.2, 0.25) is 0 Å². The standard InChI is InChI=1S/C29H38O2/c1-6-26-14-27(7-2)17-28(15-26,22-10-8-19(3)12-24(22)30)18-29(16-26,21(27)5)23-11-9-20(4)13-25(23)31/h8-13,21,30-31H,6-7,14-18H2,1-5H3. The van der Waals surface area contributed by atoms with Gasteiger partial charge in [0.2, 0.25) is 0 Å². The Bertz CT molecular complexity index is 1040. The Hall–Kier alpha value is -1.96. The van der Waals surface area contributed by atoms with Crippen molar-refractivity contribution in [2.24, 2.45) is 16.7 Å². The van der Waals surface area contributed by atoms with Gasteiger partial charge in [0.05, 0.1) is 0 Å². The molecule has 31 heavy (non-hydrogen) atoms. The highest BCUT2D eigenvalue weighted by Gasteiger charge is 2.71. The fourth-order valence-corrected chi connectivity index (χ4v) is 8.90. The molecular formula is C29H38O2. The predicted molar refractivity (Wildman–Crippen MR) is 127 cm³/mol. The van der Waals surface area contributed by atoms with E-state index >= 15 is 0 Å². The first-order valence-corrected chi connectivity index (χ1v) is 12.2. The number of aryl methyl sites for hydroxylation is 2. The maximum Gasteiger partial charge on any atom is 0.119 e. The summed E-state index contributed by atoms with van der Waals surface area (Å²) in [6, 6.07) is 12.7. The molecule has 2 N–H and O–H groups in total. The van der Waals surface area contributed by atoms with Gasteiger partial charge < -0.3 is 10.2 Å². The number of phenolic OH excluding ortho intramolecular Hbond substituents is 2. The molecule has 0 radical (unpaired) electrons. The van der Waals surface area contributed by atoms with Gasteiger partial charge in [-0.3, -0.25) is 0 Å². The van der Waals surface area contributed by atoms with Crippen LogP contribution in [0.4, 0.5) is 0 Å². The largest absolute Gasteiger partial charge is 0.508 e. The van der Waals surface area contributed by atoms with Gasteiger partial charge >= 0.3 is 0 Å². The van der Waals surface area contributed by atoms with E-state index in [0.29, 0.717) is 17.4 Å². The fourth-order valence-electron chi connectivity index (χ4n) is 8.90. The molecule has 2 nitrogen and oxygen atoms in total. The number of hydrogen-bond acceptors (Lipinski definition) is 2. The Morgan fingerprint density at radius 3 is 1.94 bits per heavy atom. The van der Waals surface area contributed by atoms with Gasteiger partial charge in [0.1, 0.15) is 11.5 Å². The lowest BCUT2D eigenvalue weighted by atomic mass is 9.30. The summed E-state index contributed by atoms with van der Waals surface area (Å²) >= 11 is 0. The summed E-state index contributed by atoms with van der Waals surface area (Å²) in [5.74, 6) is 1.45. The second-order valence-corrected chi connectivity index (χ2v) is 11.7. The molecule has 5 atom stereocenters. The zero-order chi connectivity index (χ0) is 22.2. The van der Waals surface area contributed by atoms with Gasteiger partial charge in [-0.05, 0) is 86.0 Å². The van der Waals surface area contributed by atoms with Crippen LogP contribution in [0.3, 0.4) is 0 Å². The van der Waals surface area contributed by atoms with E-state index in [1.54, 1.807) is 0 Å². The monoisotopic (exact) mass is 418 g/mol. The van der Waals surface area contributed by atoms with E-state index in [9.17, 15) is 10.2 Å². The zero-order valence-corrected chi connectivity index (χ0v) is 19.9. The second-order valence-electron chi connectivity index (χ2n) is 11.7. The van der Waals surface area contributed by atoms with Gasteiger partial charge in [-0.1, -0.05) is 57.9 Å². The van der Waals surface area contributed by atoms with E-state index < -0.39 is 0 Å². The molecule has 4 aliphatic rings. The van der Waals surface area contributed by atoms with Gasteiger partial charge in [0, 0.05) is 22.0 Å². The summed E-state index contributed by atoms with van der Waals surface area (Å²) in [5, 5.41) is 22.3. The van der Waals surface area contributed by atoms with E-state index in [4.69, 9.17) is 0 Å². The van der Waals surface area contributed by atoms with Crippen molar-refractivity contribution in [3.8, 4) is 11.5 Å². The minimum absolute atomic E-state index is 0.0237. The molecule has 5 unspecified atom stereocenters. The van der Waals surface area contributed by atoms with Crippen LogP contribution in [-0.2, 0) is 10.8 Å². The van der Waals surface area contributed by atoms with Crippen molar-refractivity contribution in [1.29, 1.82) is 0 Å². The molecule has 4 bridgehead atoms. The normalized spacial score (nSPS) is 38.5. The number of rotatable bonds is 4. The minimum Gasteiger partial charge on any atom is -0.508 e. The highest BCUT2D eigenvalue weighted by Crippen LogP contribution is 2.78. The zero-order valence-electron chi connectivity index (χ0n) is 19.9. The molecular weight excluding hydrogens is 380 g/mol. The van der Waals surface area contributed by atoms with Crippen molar-refractivity contribution in [1.82, 2.24) is 0 Å². The van der Waals surface area contributed by atoms with Crippen molar-refractivity contribution in [2.45, 2.75) is 90.4 Å². The summed E-state index contributed by atoms with van der Waals surface area (Å²) in [7, 11) is 0. The van der Waals surface area contributed by atoms with E-state index in [1.165, 1.54) is 19.3 Å².